The Morgan fingerprint density at radius 1 is 1.15 bits per heavy atom. The Bertz CT molecular complexity index is 870. The van der Waals surface area contributed by atoms with Gasteiger partial charge in [-0.2, -0.15) is 5.10 Å². The molecule has 0 bridgehead atoms. The normalized spacial score (nSPS) is 11.8. The number of aromatic nitrogens is 2. The van der Waals surface area contributed by atoms with Gasteiger partial charge in [0.25, 0.3) is 0 Å². The van der Waals surface area contributed by atoms with Crippen molar-refractivity contribution in [2.45, 2.75) is 26.2 Å². The minimum atomic E-state index is -0.0531. The summed E-state index contributed by atoms with van der Waals surface area (Å²) in [5, 5.41) is 10.2. The Hall–Kier alpha value is -3.08. The molecule has 0 unspecified atom stereocenters. The molecule has 1 amide bonds. The van der Waals surface area contributed by atoms with E-state index in [9.17, 15) is 4.79 Å². The van der Waals surface area contributed by atoms with Crippen LogP contribution >= 0.6 is 0 Å². The SMILES string of the molecule is COc1ccc(-c2c(NC(=O)C[C@H](C)c3ccccc3)n[nH]c2C)cc1. The molecule has 1 atom stereocenters. The van der Waals surface area contributed by atoms with Crippen molar-refractivity contribution in [3.63, 3.8) is 0 Å². The minimum absolute atomic E-state index is 0.0531. The van der Waals surface area contributed by atoms with Crippen LogP contribution in [0.5, 0.6) is 5.75 Å². The number of rotatable bonds is 6. The number of ether oxygens (including phenoxy) is 1. The third-order valence-electron chi connectivity index (χ3n) is 4.44. The first-order valence-electron chi connectivity index (χ1n) is 8.62. The number of nitrogens with one attached hydrogen (secondary N) is 2. The van der Waals surface area contributed by atoms with Crippen LogP contribution in [0.4, 0.5) is 5.82 Å². The lowest BCUT2D eigenvalue weighted by atomic mass is 9.97. The van der Waals surface area contributed by atoms with Crippen LogP contribution < -0.4 is 10.1 Å². The van der Waals surface area contributed by atoms with Crippen LogP contribution in [-0.2, 0) is 4.79 Å². The Morgan fingerprint density at radius 2 is 1.85 bits per heavy atom. The van der Waals surface area contributed by atoms with Crippen molar-refractivity contribution in [2.75, 3.05) is 12.4 Å². The molecule has 134 valence electrons. The van der Waals surface area contributed by atoms with Crippen molar-refractivity contribution < 1.29 is 9.53 Å². The highest BCUT2D eigenvalue weighted by molar-refractivity contribution is 5.95. The zero-order valence-electron chi connectivity index (χ0n) is 15.2. The van der Waals surface area contributed by atoms with E-state index in [1.165, 1.54) is 0 Å². The topological polar surface area (TPSA) is 67.0 Å². The molecule has 0 aliphatic rings. The number of aryl methyl sites for hydroxylation is 1. The summed E-state index contributed by atoms with van der Waals surface area (Å²) in [5.41, 5.74) is 3.93. The molecule has 0 aliphatic carbocycles. The average molecular weight is 349 g/mol. The summed E-state index contributed by atoms with van der Waals surface area (Å²) in [6.45, 7) is 3.99. The molecular formula is C21H23N3O2. The highest BCUT2D eigenvalue weighted by atomic mass is 16.5. The van der Waals surface area contributed by atoms with Crippen LogP contribution in [-0.4, -0.2) is 23.2 Å². The average Bonchev–Trinajstić information content (AvgIpc) is 3.02. The maximum atomic E-state index is 12.5. The molecule has 3 rings (SSSR count). The summed E-state index contributed by atoms with van der Waals surface area (Å²) in [7, 11) is 1.64. The van der Waals surface area contributed by atoms with Gasteiger partial charge in [-0.3, -0.25) is 9.89 Å². The number of methoxy groups -OCH3 is 1. The summed E-state index contributed by atoms with van der Waals surface area (Å²) >= 11 is 0. The summed E-state index contributed by atoms with van der Waals surface area (Å²) in [4.78, 5) is 12.5. The van der Waals surface area contributed by atoms with Crippen molar-refractivity contribution in [2.24, 2.45) is 0 Å². The zero-order chi connectivity index (χ0) is 18.5. The molecule has 2 aromatic carbocycles. The van der Waals surface area contributed by atoms with Gasteiger partial charge in [0.1, 0.15) is 5.75 Å². The molecule has 0 radical (unpaired) electrons. The van der Waals surface area contributed by atoms with Crippen molar-refractivity contribution in [1.82, 2.24) is 10.2 Å². The molecule has 1 aromatic heterocycles. The zero-order valence-corrected chi connectivity index (χ0v) is 15.2. The highest BCUT2D eigenvalue weighted by Crippen LogP contribution is 2.31. The van der Waals surface area contributed by atoms with Gasteiger partial charge in [-0.1, -0.05) is 49.4 Å². The van der Waals surface area contributed by atoms with Crippen molar-refractivity contribution in [3.05, 3.63) is 65.9 Å². The number of aromatic amines is 1. The first kappa shape index (κ1) is 17.7. The summed E-state index contributed by atoms with van der Waals surface area (Å²) in [6, 6.07) is 17.7. The second-order valence-corrected chi connectivity index (χ2v) is 6.36. The maximum absolute atomic E-state index is 12.5. The van der Waals surface area contributed by atoms with E-state index < -0.39 is 0 Å². The van der Waals surface area contributed by atoms with Gasteiger partial charge in [0.2, 0.25) is 5.91 Å². The molecule has 0 saturated carbocycles. The number of H-pyrrole nitrogens is 1. The van der Waals surface area contributed by atoms with E-state index in [-0.39, 0.29) is 11.8 Å². The van der Waals surface area contributed by atoms with Gasteiger partial charge < -0.3 is 10.1 Å². The lowest BCUT2D eigenvalue weighted by molar-refractivity contribution is -0.116. The smallest absolute Gasteiger partial charge is 0.226 e. The van der Waals surface area contributed by atoms with Crippen LogP contribution in [0.15, 0.2) is 54.6 Å². The molecule has 1 heterocycles. The van der Waals surface area contributed by atoms with Crippen molar-refractivity contribution >= 4 is 11.7 Å². The van der Waals surface area contributed by atoms with E-state index in [1.807, 2.05) is 61.5 Å². The van der Waals surface area contributed by atoms with Gasteiger partial charge in [0, 0.05) is 17.7 Å². The third-order valence-corrected chi connectivity index (χ3v) is 4.44. The number of carbonyl (C=O) groups excluding carboxylic acids is 1. The number of amides is 1. The van der Waals surface area contributed by atoms with Crippen molar-refractivity contribution in [3.8, 4) is 16.9 Å². The van der Waals surface area contributed by atoms with E-state index in [2.05, 4.69) is 22.4 Å². The Balaban J connectivity index is 1.75. The van der Waals surface area contributed by atoms with E-state index >= 15 is 0 Å². The van der Waals surface area contributed by atoms with E-state index in [0.717, 1.165) is 28.1 Å². The molecule has 0 saturated heterocycles. The summed E-state index contributed by atoms with van der Waals surface area (Å²) < 4.78 is 5.20. The van der Waals surface area contributed by atoms with Crippen LogP contribution in [0.1, 0.15) is 30.5 Å². The first-order chi connectivity index (χ1) is 12.6. The Kier molecular flexibility index (Phi) is 5.37. The molecule has 5 nitrogen and oxygen atoms in total. The molecule has 0 spiro atoms. The summed E-state index contributed by atoms with van der Waals surface area (Å²) in [5.74, 6) is 1.43. The fourth-order valence-electron chi connectivity index (χ4n) is 2.99. The van der Waals surface area contributed by atoms with Gasteiger partial charge in [-0.15, -0.1) is 0 Å². The molecule has 3 aromatic rings. The largest absolute Gasteiger partial charge is 0.497 e. The number of benzene rings is 2. The monoisotopic (exact) mass is 349 g/mol. The Labute approximate surface area is 153 Å². The number of anilines is 1. The highest BCUT2D eigenvalue weighted by Gasteiger charge is 2.17. The van der Waals surface area contributed by atoms with Gasteiger partial charge in [-0.25, -0.2) is 0 Å². The second kappa shape index (κ2) is 7.87. The van der Waals surface area contributed by atoms with Crippen LogP contribution in [0.25, 0.3) is 11.1 Å². The van der Waals surface area contributed by atoms with E-state index in [1.54, 1.807) is 7.11 Å². The first-order valence-corrected chi connectivity index (χ1v) is 8.62. The lowest BCUT2D eigenvalue weighted by Crippen LogP contribution is -2.15. The fourth-order valence-corrected chi connectivity index (χ4v) is 2.99. The van der Waals surface area contributed by atoms with Crippen molar-refractivity contribution in [1.29, 1.82) is 0 Å². The molecule has 26 heavy (non-hydrogen) atoms. The third kappa shape index (κ3) is 3.94. The van der Waals surface area contributed by atoms with Gasteiger partial charge in [0.15, 0.2) is 5.82 Å². The van der Waals surface area contributed by atoms with E-state index in [0.29, 0.717) is 12.2 Å². The fraction of sp³-hybridized carbons (Fsp3) is 0.238. The van der Waals surface area contributed by atoms with Gasteiger partial charge >= 0.3 is 0 Å². The quantitative estimate of drug-likeness (QED) is 0.687. The second-order valence-electron chi connectivity index (χ2n) is 6.36. The molecule has 0 aliphatic heterocycles. The molecule has 2 N–H and O–H groups in total. The number of hydrogen-bond acceptors (Lipinski definition) is 3. The molecule has 5 heteroatoms. The van der Waals surface area contributed by atoms with Crippen LogP contribution in [0, 0.1) is 6.92 Å². The van der Waals surface area contributed by atoms with Crippen LogP contribution in [0.2, 0.25) is 0 Å². The number of carbonyl (C=O) groups is 1. The Morgan fingerprint density at radius 3 is 2.50 bits per heavy atom. The maximum Gasteiger partial charge on any atom is 0.226 e. The molecular weight excluding hydrogens is 326 g/mol. The van der Waals surface area contributed by atoms with Crippen LogP contribution in [0.3, 0.4) is 0 Å². The standard InChI is InChI=1S/C21H23N3O2/c1-14(16-7-5-4-6-8-16)13-19(25)22-21-20(15(2)23-24-21)17-9-11-18(26-3)12-10-17/h4-12,14H,13H2,1-3H3,(H2,22,23,24,25)/t14-/m0/s1. The predicted octanol–water partition coefficient (Wildman–Crippen LogP) is 4.53. The lowest BCUT2D eigenvalue weighted by Gasteiger charge is -2.12. The number of hydrogen-bond donors (Lipinski definition) is 2. The number of nitrogens with zero attached hydrogens (tertiary/aromatic N) is 1. The minimum Gasteiger partial charge on any atom is -0.497 e. The van der Waals surface area contributed by atoms with E-state index in [4.69, 9.17) is 4.74 Å². The predicted molar refractivity (Wildman–Crippen MR) is 103 cm³/mol. The van der Waals surface area contributed by atoms with Gasteiger partial charge in [0.05, 0.1) is 7.11 Å². The summed E-state index contributed by atoms with van der Waals surface area (Å²) in [6.07, 6.45) is 0.401. The van der Waals surface area contributed by atoms with Gasteiger partial charge in [-0.05, 0) is 36.1 Å². The molecule has 0 fully saturated rings.